The van der Waals surface area contributed by atoms with E-state index in [4.69, 9.17) is 5.11 Å². The Morgan fingerprint density at radius 1 is 1.19 bits per heavy atom. The van der Waals surface area contributed by atoms with Crippen LogP contribution in [0.3, 0.4) is 0 Å². The molecule has 16 heavy (non-hydrogen) atoms. The van der Waals surface area contributed by atoms with E-state index in [1.807, 2.05) is 36.4 Å². The lowest BCUT2D eigenvalue weighted by molar-refractivity contribution is -0.131. The van der Waals surface area contributed by atoms with Gasteiger partial charge < -0.3 is 5.11 Å². The van der Waals surface area contributed by atoms with Crippen LogP contribution in [0.5, 0.6) is 0 Å². The zero-order valence-corrected chi connectivity index (χ0v) is 9.94. The molecule has 0 saturated carbocycles. The molecule has 3 heteroatoms. The third-order valence-corrected chi connectivity index (χ3v) is 3.18. The van der Waals surface area contributed by atoms with Gasteiger partial charge in [-0.3, -0.25) is 0 Å². The minimum atomic E-state index is -0.944. The van der Waals surface area contributed by atoms with Crippen molar-refractivity contribution in [1.29, 1.82) is 0 Å². The average Bonchev–Trinajstić information content (AvgIpc) is 2.28. The Morgan fingerprint density at radius 3 is 2.69 bits per heavy atom. The number of carboxylic acid groups (broad SMARTS) is 1. The molecule has 0 aliphatic heterocycles. The monoisotopic (exact) mass is 276 g/mol. The molecule has 2 aromatic carbocycles. The summed E-state index contributed by atoms with van der Waals surface area (Å²) in [6.07, 6.45) is 2.72. The van der Waals surface area contributed by atoms with Crippen LogP contribution in [0.2, 0.25) is 0 Å². The Hall–Kier alpha value is -1.61. The van der Waals surface area contributed by atoms with Crippen LogP contribution >= 0.6 is 15.9 Å². The molecule has 0 saturated heterocycles. The number of carbonyl (C=O) groups is 1. The second-order valence-electron chi connectivity index (χ2n) is 3.36. The molecular formula is C13H9BrO2. The summed E-state index contributed by atoms with van der Waals surface area (Å²) in [5.41, 5.74) is 0.862. The lowest BCUT2D eigenvalue weighted by Gasteiger charge is -2.03. The molecular weight excluding hydrogens is 268 g/mol. The van der Waals surface area contributed by atoms with Gasteiger partial charge in [0.15, 0.2) is 0 Å². The molecule has 2 nitrogen and oxygen atoms in total. The van der Waals surface area contributed by atoms with Crippen molar-refractivity contribution in [2.75, 3.05) is 0 Å². The van der Waals surface area contributed by atoms with Crippen molar-refractivity contribution in [3.05, 3.63) is 52.5 Å². The van der Waals surface area contributed by atoms with Crippen LogP contribution in [0.15, 0.2) is 46.9 Å². The van der Waals surface area contributed by atoms with Crippen LogP contribution in [0, 0.1) is 0 Å². The molecule has 0 spiro atoms. The first-order valence-corrected chi connectivity index (χ1v) is 5.56. The number of aliphatic carboxylic acids is 1. The summed E-state index contributed by atoms with van der Waals surface area (Å²) < 4.78 is 0.920. The summed E-state index contributed by atoms with van der Waals surface area (Å²) in [5.74, 6) is -0.944. The van der Waals surface area contributed by atoms with E-state index in [2.05, 4.69) is 15.9 Å². The fourth-order valence-electron chi connectivity index (χ4n) is 1.54. The van der Waals surface area contributed by atoms with Gasteiger partial charge in [0.25, 0.3) is 0 Å². The third kappa shape index (κ3) is 2.14. The van der Waals surface area contributed by atoms with E-state index in [0.717, 1.165) is 26.9 Å². The lowest BCUT2D eigenvalue weighted by atomic mass is 10.1. The van der Waals surface area contributed by atoms with Crippen molar-refractivity contribution < 1.29 is 9.90 Å². The maximum Gasteiger partial charge on any atom is 0.328 e. The molecule has 0 radical (unpaired) electrons. The maximum absolute atomic E-state index is 10.4. The predicted octanol–water partition coefficient (Wildman–Crippen LogP) is 3.70. The van der Waals surface area contributed by atoms with Gasteiger partial charge in [-0.25, -0.2) is 4.79 Å². The highest BCUT2D eigenvalue weighted by atomic mass is 79.9. The van der Waals surface area contributed by atoms with Crippen molar-refractivity contribution >= 4 is 38.7 Å². The summed E-state index contributed by atoms with van der Waals surface area (Å²) in [5, 5.41) is 10.8. The Balaban J connectivity index is 2.56. The zero-order chi connectivity index (χ0) is 11.5. The minimum absolute atomic E-state index is 0.862. The van der Waals surface area contributed by atoms with E-state index < -0.39 is 5.97 Å². The van der Waals surface area contributed by atoms with E-state index in [1.165, 1.54) is 0 Å². The minimum Gasteiger partial charge on any atom is -0.478 e. The third-order valence-electron chi connectivity index (χ3n) is 2.30. The molecule has 0 aromatic heterocycles. The van der Waals surface area contributed by atoms with E-state index in [9.17, 15) is 4.79 Å². The quantitative estimate of drug-likeness (QED) is 0.850. The fraction of sp³-hybridized carbons (Fsp3) is 0. The highest BCUT2D eigenvalue weighted by Gasteiger charge is 2.02. The number of fused-ring (bicyclic) bond motifs is 1. The second kappa shape index (κ2) is 4.49. The Bertz CT molecular complexity index is 573. The number of carboxylic acids is 1. The van der Waals surface area contributed by atoms with Crippen LogP contribution in [0.4, 0.5) is 0 Å². The largest absolute Gasteiger partial charge is 0.478 e. The van der Waals surface area contributed by atoms with Gasteiger partial charge in [0, 0.05) is 10.5 Å². The number of hydrogen-bond donors (Lipinski definition) is 1. The van der Waals surface area contributed by atoms with Crippen molar-refractivity contribution in [3.63, 3.8) is 0 Å². The molecule has 0 heterocycles. The number of benzene rings is 2. The van der Waals surface area contributed by atoms with E-state index in [-0.39, 0.29) is 0 Å². The van der Waals surface area contributed by atoms with Gasteiger partial charge in [-0.2, -0.15) is 0 Å². The second-order valence-corrected chi connectivity index (χ2v) is 4.15. The molecule has 1 N–H and O–H groups in total. The molecule has 0 fully saturated rings. The van der Waals surface area contributed by atoms with Crippen molar-refractivity contribution in [1.82, 2.24) is 0 Å². The van der Waals surface area contributed by atoms with Crippen molar-refractivity contribution in [2.45, 2.75) is 0 Å². The molecule has 0 amide bonds. The number of rotatable bonds is 2. The van der Waals surface area contributed by atoms with E-state index in [0.29, 0.717) is 0 Å². The van der Waals surface area contributed by atoms with Gasteiger partial charge >= 0.3 is 5.97 Å². The SMILES string of the molecule is O=C(O)C=Cc1ccc2ccccc2c1Br. The molecule has 0 bridgehead atoms. The summed E-state index contributed by atoms with van der Waals surface area (Å²) in [4.78, 5) is 10.4. The first-order valence-electron chi connectivity index (χ1n) is 4.77. The Morgan fingerprint density at radius 2 is 1.94 bits per heavy atom. The summed E-state index contributed by atoms with van der Waals surface area (Å²) in [6, 6.07) is 11.8. The van der Waals surface area contributed by atoms with Gasteiger partial charge in [0.2, 0.25) is 0 Å². The van der Waals surface area contributed by atoms with Crippen LogP contribution in [0.25, 0.3) is 16.8 Å². The molecule has 0 atom stereocenters. The predicted molar refractivity (Wildman–Crippen MR) is 68.3 cm³/mol. The number of hydrogen-bond acceptors (Lipinski definition) is 1. The topological polar surface area (TPSA) is 37.3 Å². The normalized spacial score (nSPS) is 11.1. The van der Waals surface area contributed by atoms with E-state index in [1.54, 1.807) is 6.08 Å². The van der Waals surface area contributed by atoms with Crippen LogP contribution < -0.4 is 0 Å². The first-order chi connectivity index (χ1) is 7.68. The van der Waals surface area contributed by atoms with Crippen LogP contribution in [-0.4, -0.2) is 11.1 Å². The standard InChI is InChI=1S/C13H9BrO2/c14-13-10(7-8-12(15)16)6-5-9-3-1-2-4-11(9)13/h1-8H,(H,15,16). The summed E-state index contributed by atoms with van der Waals surface area (Å²) in [6.45, 7) is 0. The van der Waals surface area contributed by atoms with Gasteiger partial charge in [0.05, 0.1) is 0 Å². The number of halogens is 1. The highest BCUT2D eigenvalue weighted by molar-refractivity contribution is 9.10. The van der Waals surface area contributed by atoms with Gasteiger partial charge in [-0.05, 0) is 38.3 Å². The highest BCUT2D eigenvalue weighted by Crippen LogP contribution is 2.28. The summed E-state index contributed by atoms with van der Waals surface area (Å²) >= 11 is 3.49. The fourth-order valence-corrected chi connectivity index (χ4v) is 2.17. The van der Waals surface area contributed by atoms with Crippen molar-refractivity contribution in [2.24, 2.45) is 0 Å². The van der Waals surface area contributed by atoms with Gasteiger partial charge in [0.1, 0.15) is 0 Å². The van der Waals surface area contributed by atoms with Crippen molar-refractivity contribution in [3.8, 4) is 0 Å². The smallest absolute Gasteiger partial charge is 0.328 e. The lowest BCUT2D eigenvalue weighted by Crippen LogP contribution is -1.86. The zero-order valence-electron chi connectivity index (χ0n) is 8.35. The molecule has 2 aromatic rings. The van der Waals surface area contributed by atoms with E-state index >= 15 is 0 Å². The van der Waals surface area contributed by atoms with Gasteiger partial charge in [-0.15, -0.1) is 0 Å². The average molecular weight is 277 g/mol. The Kier molecular flexibility index (Phi) is 3.06. The molecule has 80 valence electrons. The van der Waals surface area contributed by atoms with Gasteiger partial charge in [-0.1, -0.05) is 36.4 Å². The van der Waals surface area contributed by atoms with Crippen LogP contribution in [-0.2, 0) is 4.79 Å². The van der Waals surface area contributed by atoms with Crippen LogP contribution in [0.1, 0.15) is 5.56 Å². The maximum atomic E-state index is 10.4. The molecule has 0 unspecified atom stereocenters. The molecule has 0 aliphatic rings. The Labute approximate surface area is 101 Å². The molecule has 0 aliphatic carbocycles. The first kappa shape index (κ1) is 10.9. The summed E-state index contributed by atoms with van der Waals surface area (Å²) in [7, 11) is 0. The molecule has 2 rings (SSSR count).